The lowest BCUT2D eigenvalue weighted by Crippen LogP contribution is -2.10. The lowest BCUT2D eigenvalue weighted by atomic mass is 9.86. The number of rotatable bonds is 7. The standard InChI is InChI=1S/C54H52N8/c1-32(2)35-20-24-46-49(26-35)62-48-27-37(54(7,8)9)21-23-44(48)57-52(62)59(46)40-22-25-47-50(29-40)60(53-56-43-18-10-11-19-45(43)61(47)53)39-15-12-14-38(28-39)58-31-36(30-55-58)51-41(33(3)4)16-13-17-42(51)34(5)6/h10-34H,1-9H3. The molecule has 5 aromatic heterocycles. The van der Waals surface area contributed by atoms with Gasteiger partial charge in [-0.05, 0) is 124 Å². The molecule has 0 saturated heterocycles. The molecule has 0 radical (unpaired) electrons. The molecule has 0 atom stereocenters. The van der Waals surface area contributed by atoms with Gasteiger partial charge in [0.25, 0.3) is 0 Å². The van der Waals surface area contributed by atoms with Crippen LogP contribution in [0.15, 0.2) is 134 Å². The van der Waals surface area contributed by atoms with Crippen molar-refractivity contribution < 1.29 is 0 Å². The first-order valence-electron chi connectivity index (χ1n) is 22.0. The summed E-state index contributed by atoms with van der Waals surface area (Å²) in [6, 6.07) is 44.2. The summed E-state index contributed by atoms with van der Waals surface area (Å²) in [6.07, 6.45) is 4.20. The molecule has 62 heavy (non-hydrogen) atoms. The zero-order chi connectivity index (χ0) is 42.8. The van der Waals surface area contributed by atoms with Crippen LogP contribution in [0.4, 0.5) is 0 Å². The van der Waals surface area contributed by atoms with Crippen LogP contribution in [0.2, 0.25) is 0 Å². The van der Waals surface area contributed by atoms with E-state index in [1.165, 1.54) is 27.8 Å². The summed E-state index contributed by atoms with van der Waals surface area (Å²) in [4.78, 5) is 10.6. The first-order chi connectivity index (χ1) is 29.9. The highest BCUT2D eigenvalue weighted by Crippen LogP contribution is 2.38. The molecular formula is C54H52N8. The van der Waals surface area contributed by atoms with Gasteiger partial charge in [-0.15, -0.1) is 0 Å². The second kappa shape index (κ2) is 13.8. The summed E-state index contributed by atoms with van der Waals surface area (Å²) >= 11 is 0. The maximum absolute atomic E-state index is 5.35. The highest BCUT2D eigenvalue weighted by Gasteiger charge is 2.24. The first kappa shape index (κ1) is 38.0. The zero-order valence-corrected chi connectivity index (χ0v) is 37.0. The molecule has 0 aliphatic rings. The van der Waals surface area contributed by atoms with E-state index in [-0.39, 0.29) is 5.41 Å². The van der Waals surface area contributed by atoms with E-state index in [4.69, 9.17) is 15.1 Å². The largest absolute Gasteiger partial charge is 0.278 e. The molecule has 11 aromatic rings. The van der Waals surface area contributed by atoms with E-state index in [1.807, 2.05) is 10.9 Å². The second-order valence-corrected chi connectivity index (χ2v) is 19.0. The fraction of sp³-hybridized carbons (Fsp3) is 0.241. The van der Waals surface area contributed by atoms with E-state index in [0.717, 1.165) is 78.3 Å². The van der Waals surface area contributed by atoms with Gasteiger partial charge in [0.15, 0.2) is 0 Å². The molecule has 8 nitrogen and oxygen atoms in total. The minimum atomic E-state index is 0.00543. The summed E-state index contributed by atoms with van der Waals surface area (Å²) in [7, 11) is 0. The number of para-hydroxylation sites is 2. The Morgan fingerprint density at radius 3 is 1.85 bits per heavy atom. The van der Waals surface area contributed by atoms with Crippen LogP contribution in [-0.4, -0.2) is 37.7 Å². The molecule has 0 unspecified atom stereocenters. The van der Waals surface area contributed by atoms with Gasteiger partial charge in [0.1, 0.15) is 0 Å². The summed E-state index contributed by atoms with van der Waals surface area (Å²) < 4.78 is 11.3. The normalized spacial score (nSPS) is 12.7. The summed E-state index contributed by atoms with van der Waals surface area (Å²) in [5.74, 6) is 2.92. The average Bonchev–Trinajstić information content (AvgIpc) is 4.08. The molecule has 0 aliphatic carbocycles. The topological polar surface area (TPSA) is 62.3 Å². The van der Waals surface area contributed by atoms with Crippen molar-refractivity contribution in [2.75, 3.05) is 0 Å². The van der Waals surface area contributed by atoms with Gasteiger partial charge in [0.05, 0.1) is 67.4 Å². The molecule has 6 aromatic carbocycles. The Bertz CT molecular complexity index is 3530. The predicted molar refractivity (Wildman–Crippen MR) is 256 cm³/mol. The molecule has 0 amide bonds. The SMILES string of the molecule is CC(C)c1ccc2c(c1)n1c3cc(C(C)(C)C)ccc3nc1n2-c1ccc2c(c1)n(-c1cccc(-n3cc(-c4c(C(C)C)cccc4C(C)C)cn3)c1)c1nc3ccccc3n21. The van der Waals surface area contributed by atoms with Gasteiger partial charge in [-0.3, -0.25) is 17.9 Å². The second-order valence-electron chi connectivity index (χ2n) is 19.0. The third-order valence-electron chi connectivity index (χ3n) is 12.9. The van der Waals surface area contributed by atoms with Crippen molar-refractivity contribution in [3.05, 3.63) is 156 Å². The van der Waals surface area contributed by atoms with E-state index < -0.39 is 0 Å². The molecular weight excluding hydrogens is 761 g/mol. The summed E-state index contributed by atoms with van der Waals surface area (Å²) in [5.41, 5.74) is 19.3. The lowest BCUT2D eigenvalue weighted by molar-refractivity contribution is 0.591. The Balaban J connectivity index is 1.13. The highest BCUT2D eigenvalue weighted by atomic mass is 15.3. The third-order valence-corrected chi connectivity index (χ3v) is 12.9. The molecule has 0 bridgehead atoms. The number of aromatic nitrogens is 8. The van der Waals surface area contributed by atoms with E-state index in [0.29, 0.717) is 17.8 Å². The van der Waals surface area contributed by atoms with Gasteiger partial charge in [-0.1, -0.05) is 111 Å². The maximum atomic E-state index is 5.35. The molecule has 0 saturated carbocycles. The monoisotopic (exact) mass is 812 g/mol. The van der Waals surface area contributed by atoms with Crippen LogP contribution in [0.25, 0.3) is 83.9 Å². The fourth-order valence-corrected chi connectivity index (χ4v) is 9.58. The maximum Gasteiger partial charge on any atom is 0.220 e. The lowest BCUT2D eigenvalue weighted by Gasteiger charge is -2.18. The van der Waals surface area contributed by atoms with Crippen LogP contribution < -0.4 is 0 Å². The molecule has 0 spiro atoms. The van der Waals surface area contributed by atoms with Crippen molar-refractivity contribution in [1.29, 1.82) is 0 Å². The molecule has 11 rings (SSSR count). The van der Waals surface area contributed by atoms with E-state index >= 15 is 0 Å². The Kier molecular flexibility index (Phi) is 8.46. The molecule has 0 aliphatic heterocycles. The molecule has 5 heterocycles. The fourth-order valence-electron chi connectivity index (χ4n) is 9.58. The van der Waals surface area contributed by atoms with Crippen LogP contribution in [0.5, 0.6) is 0 Å². The molecule has 0 fully saturated rings. The predicted octanol–water partition coefficient (Wildman–Crippen LogP) is 13.7. The van der Waals surface area contributed by atoms with Crippen molar-refractivity contribution >= 4 is 55.7 Å². The van der Waals surface area contributed by atoms with Gasteiger partial charge in [0.2, 0.25) is 11.6 Å². The van der Waals surface area contributed by atoms with Gasteiger partial charge in [0, 0.05) is 11.8 Å². The first-order valence-corrected chi connectivity index (χ1v) is 22.0. The smallest absolute Gasteiger partial charge is 0.220 e. The minimum absolute atomic E-state index is 0.00543. The summed E-state index contributed by atoms with van der Waals surface area (Å²) in [6.45, 7) is 20.4. The summed E-state index contributed by atoms with van der Waals surface area (Å²) in [5, 5.41) is 4.98. The highest BCUT2D eigenvalue weighted by molar-refractivity contribution is 5.96. The quantitative estimate of drug-likeness (QED) is 0.161. The van der Waals surface area contributed by atoms with E-state index in [1.54, 1.807) is 0 Å². The van der Waals surface area contributed by atoms with Crippen molar-refractivity contribution in [1.82, 2.24) is 37.7 Å². The van der Waals surface area contributed by atoms with Crippen LogP contribution >= 0.6 is 0 Å². The van der Waals surface area contributed by atoms with Crippen LogP contribution in [0.3, 0.4) is 0 Å². The Morgan fingerprint density at radius 1 is 0.484 bits per heavy atom. The van der Waals surface area contributed by atoms with Gasteiger partial charge >= 0.3 is 0 Å². The number of hydrogen-bond acceptors (Lipinski definition) is 3. The van der Waals surface area contributed by atoms with Crippen molar-refractivity contribution in [2.24, 2.45) is 0 Å². The Morgan fingerprint density at radius 2 is 1.13 bits per heavy atom. The van der Waals surface area contributed by atoms with Gasteiger partial charge in [-0.25, -0.2) is 14.6 Å². The van der Waals surface area contributed by atoms with Crippen LogP contribution in [0, 0.1) is 0 Å². The third kappa shape index (κ3) is 5.76. The van der Waals surface area contributed by atoms with Crippen LogP contribution in [-0.2, 0) is 5.41 Å². The Labute approximate surface area is 361 Å². The van der Waals surface area contributed by atoms with Gasteiger partial charge < -0.3 is 0 Å². The van der Waals surface area contributed by atoms with Crippen molar-refractivity contribution in [2.45, 2.75) is 85.5 Å². The number of hydrogen-bond donors (Lipinski definition) is 0. The number of fused-ring (bicyclic) bond motifs is 10. The van der Waals surface area contributed by atoms with E-state index in [2.05, 4.69) is 208 Å². The van der Waals surface area contributed by atoms with Crippen LogP contribution in [0.1, 0.15) is 102 Å². The number of benzene rings is 6. The molecule has 0 N–H and O–H groups in total. The Hall–Kier alpha value is -6.93. The zero-order valence-electron chi connectivity index (χ0n) is 37.0. The van der Waals surface area contributed by atoms with Crippen molar-refractivity contribution in [3.63, 3.8) is 0 Å². The minimum Gasteiger partial charge on any atom is -0.278 e. The number of imidazole rings is 4. The van der Waals surface area contributed by atoms with E-state index in [9.17, 15) is 0 Å². The van der Waals surface area contributed by atoms with Gasteiger partial charge in [-0.2, -0.15) is 5.10 Å². The number of nitrogens with zero attached hydrogens (tertiary/aromatic N) is 8. The molecule has 8 heteroatoms. The van der Waals surface area contributed by atoms with Crippen molar-refractivity contribution in [3.8, 4) is 28.2 Å². The average molecular weight is 813 g/mol. The molecule has 308 valence electrons.